The maximum absolute atomic E-state index is 13.3. The summed E-state index contributed by atoms with van der Waals surface area (Å²) in [5.41, 5.74) is 4.29. The summed E-state index contributed by atoms with van der Waals surface area (Å²) in [6.45, 7) is 11.2. The SMILES string of the molecule is CC[C@@H](C(=O)NCC(C)C)N(Cc1ccccc1C)C(=O)Cc1cccc(C)c1. The molecule has 4 heteroatoms. The summed E-state index contributed by atoms with van der Waals surface area (Å²) in [6, 6.07) is 15.5. The maximum Gasteiger partial charge on any atom is 0.242 e. The van der Waals surface area contributed by atoms with Crippen LogP contribution in [0.15, 0.2) is 48.5 Å². The number of rotatable bonds is 9. The first-order chi connectivity index (χ1) is 13.8. The largest absolute Gasteiger partial charge is 0.354 e. The van der Waals surface area contributed by atoms with Gasteiger partial charge >= 0.3 is 0 Å². The molecule has 0 fully saturated rings. The van der Waals surface area contributed by atoms with E-state index in [0.29, 0.717) is 31.8 Å². The molecule has 0 unspecified atom stereocenters. The van der Waals surface area contributed by atoms with Crippen molar-refractivity contribution in [2.24, 2.45) is 5.92 Å². The van der Waals surface area contributed by atoms with E-state index >= 15 is 0 Å². The number of nitrogens with zero attached hydrogens (tertiary/aromatic N) is 1. The monoisotopic (exact) mass is 394 g/mol. The first kappa shape index (κ1) is 22.7. The summed E-state index contributed by atoms with van der Waals surface area (Å²) in [5, 5.41) is 3.01. The van der Waals surface area contributed by atoms with Gasteiger partial charge in [-0.3, -0.25) is 9.59 Å². The highest BCUT2D eigenvalue weighted by Crippen LogP contribution is 2.17. The Balaban J connectivity index is 2.29. The van der Waals surface area contributed by atoms with Crippen molar-refractivity contribution in [3.05, 3.63) is 70.8 Å². The van der Waals surface area contributed by atoms with E-state index in [1.165, 1.54) is 0 Å². The molecule has 0 spiro atoms. The molecule has 0 radical (unpaired) electrons. The van der Waals surface area contributed by atoms with E-state index in [-0.39, 0.29) is 11.8 Å². The van der Waals surface area contributed by atoms with Crippen LogP contribution in [0.2, 0.25) is 0 Å². The highest BCUT2D eigenvalue weighted by Gasteiger charge is 2.28. The van der Waals surface area contributed by atoms with Gasteiger partial charge in [0.15, 0.2) is 0 Å². The molecule has 1 N–H and O–H groups in total. The zero-order valence-electron chi connectivity index (χ0n) is 18.4. The number of nitrogens with one attached hydrogen (secondary N) is 1. The predicted molar refractivity (Wildman–Crippen MR) is 119 cm³/mol. The topological polar surface area (TPSA) is 49.4 Å². The minimum Gasteiger partial charge on any atom is -0.354 e. The van der Waals surface area contributed by atoms with Gasteiger partial charge in [-0.05, 0) is 42.9 Å². The second kappa shape index (κ2) is 10.8. The maximum atomic E-state index is 13.3. The van der Waals surface area contributed by atoms with Gasteiger partial charge in [0.1, 0.15) is 6.04 Å². The van der Waals surface area contributed by atoms with Gasteiger partial charge in [0.2, 0.25) is 11.8 Å². The summed E-state index contributed by atoms with van der Waals surface area (Å²) in [7, 11) is 0. The van der Waals surface area contributed by atoms with Crippen LogP contribution in [0.25, 0.3) is 0 Å². The van der Waals surface area contributed by atoms with Gasteiger partial charge in [-0.1, -0.05) is 74.9 Å². The van der Waals surface area contributed by atoms with Gasteiger partial charge in [0.05, 0.1) is 6.42 Å². The number of carbonyl (C=O) groups excluding carboxylic acids is 2. The Morgan fingerprint density at radius 2 is 1.76 bits per heavy atom. The molecule has 0 heterocycles. The molecule has 4 nitrogen and oxygen atoms in total. The number of amides is 2. The van der Waals surface area contributed by atoms with Crippen LogP contribution in [0.5, 0.6) is 0 Å². The standard InChI is InChI=1S/C25H34N2O2/c1-6-23(25(29)26-16-18(2)3)27(17-22-13-8-7-11-20(22)5)24(28)15-21-12-9-10-19(4)14-21/h7-14,18,23H,6,15-17H2,1-5H3,(H,26,29)/t23-/m0/s1. The van der Waals surface area contributed by atoms with Gasteiger partial charge in [-0.2, -0.15) is 0 Å². The number of hydrogen-bond donors (Lipinski definition) is 1. The molecule has 0 aliphatic rings. The van der Waals surface area contributed by atoms with Gasteiger partial charge in [0, 0.05) is 13.1 Å². The minimum atomic E-state index is -0.481. The van der Waals surface area contributed by atoms with Crippen LogP contribution in [0.4, 0.5) is 0 Å². The molecule has 2 amide bonds. The molecule has 0 aliphatic heterocycles. The Morgan fingerprint density at radius 1 is 1.03 bits per heavy atom. The van der Waals surface area contributed by atoms with Crippen molar-refractivity contribution in [2.45, 2.75) is 60.0 Å². The van der Waals surface area contributed by atoms with Crippen LogP contribution < -0.4 is 5.32 Å². The van der Waals surface area contributed by atoms with Crippen LogP contribution in [-0.4, -0.2) is 29.3 Å². The average molecular weight is 395 g/mol. The second-order valence-corrected chi connectivity index (χ2v) is 8.18. The Hall–Kier alpha value is -2.62. The Bertz CT molecular complexity index is 829. The van der Waals surface area contributed by atoms with Gasteiger partial charge in [-0.15, -0.1) is 0 Å². The van der Waals surface area contributed by atoms with E-state index in [2.05, 4.69) is 19.2 Å². The lowest BCUT2D eigenvalue weighted by Crippen LogP contribution is -2.50. The van der Waals surface area contributed by atoms with Crippen molar-refractivity contribution >= 4 is 11.8 Å². The van der Waals surface area contributed by atoms with E-state index in [1.807, 2.05) is 69.3 Å². The molecule has 1 atom stereocenters. The van der Waals surface area contributed by atoms with E-state index in [9.17, 15) is 9.59 Å². The third-order valence-corrected chi connectivity index (χ3v) is 5.11. The Morgan fingerprint density at radius 3 is 2.38 bits per heavy atom. The molecule has 0 bridgehead atoms. The van der Waals surface area contributed by atoms with Crippen molar-refractivity contribution in [3.8, 4) is 0 Å². The van der Waals surface area contributed by atoms with Crippen LogP contribution in [-0.2, 0) is 22.6 Å². The van der Waals surface area contributed by atoms with Crippen LogP contribution in [0.1, 0.15) is 49.4 Å². The molecule has 2 aromatic carbocycles. The van der Waals surface area contributed by atoms with E-state index in [1.54, 1.807) is 4.90 Å². The summed E-state index contributed by atoms with van der Waals surface area (Å²) in [5.74, 6) is 0.266. The summed E-state index contributed by atoms with van der Waals surface area (Å²) in [6.07, 6.45) is 0.872. The Labute approximate surface area is 175 Å². The van der Waals surface area contributed by atoms with Gasteiger partial charge in [0.25, 0.3) is 0 Å². The van der Waals surface area contributed by atoms with Crippen molar-refractivity contribution in [1.82, 2.24) is 10.2 Å². The quantitative estimate of drug-likeness (QED) is 0.684. The second-order valence-electron chi connectivity index (χ2n) is 8.18. The summed E-state index contributed by atoms with van der Waals surface area (Å²) >= 11 is 0. The molecule has 156 valence electrons. The minimum absolute atomic E-state index is 0.0228. The van der Waals surface area contributed by atoms with Crippen molar-refractivity contribution < 1.29 is 9.59 Å². The average Bonchev–Trinajstić information content (AvgIpc) is 2.67. The molecule has 0 aliphatic carbocycles. The lowest BCUT2D eigenvalue weighted by atomic mass is 10.0. The fourth-order valence-electron chi connectivity index (χ4n) is 3.41. The van der Waals surface area contributed by atoms with E-state index in [0.717, 1.165) is 22.3 Å². The molecule has 0 saturated heterocycles. The fraction of sp³-hybridized carbons (Fsp3) is 0.440. The molecule has 2 rings (SSSR count). The Kier molecular flexibility index (Phi) is 8.44. The van der Waals surface area contributed by atoms with Crippen molar-refractivity contribution in [3.63, 3.8) is 0 Å². The van der Waals surface area contributed by atoms with Gasteiger partial charge < -0.3 is 10.2 Å². The van der Waals surface area contributed by atoms with Crippen LogP contribution in [0, 0.1) is 19.8 Å². The highest BCUT2D eigenvalue weighted by molar-refractivity contribution is 5.88. The lowest BCUT2D eigenvalue weighted by Gasteiger charge is -2.31. The zero-order chi connectivity index (χ0) is 21.4. The zero-order valence-corrected chi connectivity index (χ0v) is 18.4. The summed E-state index contributed by atoms with van der Waals surface area (Å²) in [4.78, 5) is 28.0. The molecule has 2 aromatic rings. The normalized spacial score (nSPS) is 11.9. The first-order valence-corrected chi connectivity index (χ1v) is 10.5. The number of hydrogen-bond acceptors (Lipinski definition) is 2. The highest BCUT2D eigenvalue weighted by atomic mass is 16.2. The molecule has 29 heavy (non-hydrogen) atoms. The number of aryl methyl sites for hydroxylation is 2. The lowest BCUT2D eigenvalue weighted by molar-refractivity contribution is -0.141. The number of benzene rings is 2. The summed E-state index contributed by atoms with van der Waals surface area (Å²) < 4.78 is 0. The molecular formula is C25H34N2O2. The predicted octanol–water partition coefficient (Wildman–Crippen LogP) is 4.43. The third kappa shape index (κ3) is 6.74. The van der Waals surface area contributed by atoms with Crippen molar-refractivity contribution in [2.75, 3.05) is 6.54 Å². The fourth-order valence-corrected chi connectivity index (χ4v) is 3.41. The molecular weight excluding hydrogens is 360 g/mol. The van der Waals surface area contributed by atoms with E-state index in [4.69, 9.17) is 0 Å². The van der Waals surface area contributed by atoms with Gasteiger partial charge in [-0.25, -0.2) is 0 Å². The van der Waals surface area contributed by atoms with E-state index < -0.39 is 6.04 Å². The van der Waals surface area contributed by atoms with Crippen molar-refractivity contribution in [1.29, 1.82) is 0 Å². The molecule has 0 saturated carbocycles. The number of carbonyl (C=O) groups is 2. The smallest absolute Gasteiger partial charge is 0.242 e. The van der Waals surface area contributed by atoms with Crippen LogP contribution in [0.3, 0.4) is 0 Å². The first-order valence-electron chi connectivity index (χ1n) is 10.5. The van der Waals surface area contributed by atoms with Crippen LogP contribution >= 0.6 is 0 Å². The molecule has 0 aromatic heterocycles. The third-order valence-electron chi connectivity index (χ3n) is 5.11.